The predicted octanol–water partition coefficient (Wildman–Crippen LogP) is 1.86. The fourth-order valence-corrected chi connectivity index (χ4v) is 4.44. The van der Waals surface area contributed by atoms with E-state index in [0.29, 0.717) is 18.4 Å². The Morgan fingerprint density at radius 2 is 2.10 bits per heavy atom. The van der Waals surface area contributed by atoms with Gasteiger partial charge in [-0.15, -0.1) is 0 Å². The molecule has 2 heterocycles. The molecule has 114 valence electrons. The van der Waals surface area contributed by atoms with E-state index in [2.05, 4.69) is 38.1 Å². The van der Waals surface area contributed by atoms with E-state index in [1.54, 1.807) is 0 Å². The standard InChI is InChI=1S/C14H25N3O2S/c1-10(2)14-12(7-15-11(3)4)8-16-17(14)13-5-6-20(18,19)9-13/h8,10-11,13,15H,5-7,9H2,1-4H3. The lowest BCUT2D eigenvalue weighted by Crippen LogP contribution is -2.23. The van der Waals surface area contributed by atoms with Gasteiger partial charge in [0, 0.05) is 23.8 Å². The lowest BCUT2D eigenvalue weighted by atomic mass is 10.0. The second kappa shape index (κ2) is 5.85. The molecule has 1 unspecified atom stereocenters. The third kappa shape index (κ3) is 3.41. The summed E-state index contributed by atoms with van der Waals surface area (Å²) in [7, 11) is -2.88. The summed E-state index contributed by atoms with van der Waals surface area (Å²) in [5.74, 6) is 0.852. The van der Waals surface area contributed by atoms with Gasteiger partial charge < -0.3 is 5.32 Å². The Bertz CT molecular complexity index is 561. The highest BCUT2D eigenvalue weighted by Gasteiger charge is 2.32. The average Bonchev–Trinajstić information content (AvgIpc) is 2.89. The number of sulfone groups is 1. The van der Waals surface area contributed by atoms with E-state index in [4.69, 9.17) is 0 Å². The van der Waals surface area contributed by atoms with Gasteiger partial charge in [0.2, 0.25) is 0 Å². The first-order valence-electron chi connectivity index (χ1n) is 7.30. The van der Waals surface area contributed by atoms with Gasteiger partial charge in [-0.25, -0.2) is 8.42 Å². The Labute approximate surface area is 121 Å². The van der Waals surface area contributed by atoms with E-state index in [1.807, 2.05) is 10.9 Å². The Kier molecular flexibility index (Phi) is 4.54. The van der Waals surface area contributed by atoms with E-state index in [9.17, 15) is 8.42 Å². The first-order valence-corrected chi connectivity index (χ1v) is 9.12. The summed E-state index contributed by atoms with van der Waals surface area (Å²) in [5, 5.41) is 7.88. The van der Waals surface area contributed by atoms with Gasteiger partial charge in [0.25, 0.3) is 0 Å². The maximum atomic E-state index is 11.7. The number of hydrogen-bond acceptors (Lipinski definition) is 4. The van der Waals surface area contributed by atoms with Crippen LogP contribution in [0.15, 0.2) is 6.20 Å². The van der Waals surface area contributed by atoms with Crippen LogP contribution in [0.25, 0.3) is 0 Å². The molecule has 2 rings (SSSR count). The Morgan fingerprint density at radius 3 is 2.60 bits per heavy atom. The lowest BCUT2D eigenvalue weighted by Gasteiger charge is -2.18. The van der Waals surface area contributed by atoms with Crippen molar-refractivity contribution >= 4 is 9.84 Å². The molecule has 1 aliphatic heterocycles. The van der Waals surface area contributed by atoms with E-state index in [1.165, 1.54) is 11.3 Å². The van der Waals surface area contributed by atoms with Crippen molar-refractivity contribution in [3.63, 3.8) is 0 Å². The Morgan fingerprint density at radius 1 is 1.40 bits per heavy atom. The van der Waals surface area contributed by atoms with Gasteiger partial charge in [-0.3, -0.25) is 4.68 Å². The zero-order valence-corrected chi connectivity index (χ0v) is 13.6. The molecule has 0 aromatic carbocycles. The van der Waals surface area contributed by atoms with E-state index in [-0.39, 0.29) is 17.5 Å². The highest BCUT2D eigenvalue weighted by Crippen LogP contribution is 2.29. The van der Waals surface area contributed by atoms with Crippen LogP contribution in [0.5, 0.6) is 0 Å². The monoisotopic (exact) mass is 299 g/mol. The minimum absolute atomic E-state index is 0.00481. The van der Waals surface area contributed by atoms with Gasteiger partial charge in [0.1, 0.15) is 0 Å². The minimum atomic E-state index is -2.88. The first kappa shape index (κ1) is 15.5. The molecule has 0 bridgehead atoms. The van der Waals surface area contributed by atoms with Crippen molar-refractivity contribution in [2.75, 3.05) is 11.5 Å². The Balaban J connectivity index is 2.25. The summed E-state index contributed by atoms with van der Waals surface area (Å²) in [6, 6.07) is 0.426. The fourth-order valence-electron chi connectivity index (χ4n) is 2.75. The van der Waals surface area contributed by atoms with Crippen LogP contribution in [-0.4, -0.2) is 35.7 Å². The van der Waals surface area contributed by atoms with Crippen molar-refractivity contribution in [3.8, 4) is 0 Å². The van der Waals surface area contributed by atoms with E-state index < -0.39 is 9.84 Å². The van der Waals surface area contributed by atoms with Crippen LogP contribution in [0.1, 0.15) is 57.3 Å². The van der Waals surface area contributed by atoms with Gasteiger partial charge >= 0.3 is 0 Å². The molecule has 1 atom stereocenters. The van der Waals surface area contributed by atoms with E-state index >= 15 is 0 Å². The van der Waals surface area contributed by atoms with Crippen molar-refractivity contribution < 1.29 is 8.42 Å². The largest absolute Gasteiger partial charge is 0.310 e. The van der Waals surface area contributed by atoms with Crippen LogP contribution >= 0.6 is 0 Å². The molecule has 0 spiro atoms. The van der Waals surface area contributed by atoms with E-state index in [0.717, 1.165) is 6.54 Å². The molecular formula is C14H25N3O2S. The maximum Gasteiger partial charge on any atom is 0.152 e. The molecule has 1 aromatic heterocycles. The summed E-state index contributed by atoms with van der Waals surface area (Å²) < 4.78 is 25.3. The minimum Gasteiger partial charge on any atom is -0.310 e. The molecule has 1 fully saturated rings. The van der Waals surface area contributed by atoms with Crippen molar-refractivity contribution in [3.05, 3.63) is 17.5 Å². The molecule has 5 nitrogen and oxygen atoms in total. The molecule has 1 saturated heterocycles. The summed E-state index contributed by atoms with van der Waals surface area (Å²) in [6.07, 6.45) is 2.57. The van der Waals surface area contributed by atoms with Crippen LogP contribution < -0.4 is 5.32 Å². The molecule has 1 N–H and O–H groups in total. The van der Waals surface area contributed by atoms with Crippen LogP contribution in [-0.2, 0) is 16.4 Å². The van der Waals surface area contributed by atoms with Crippen LogP contribution in [0.4, 0.5) is 0 Å². The molecule has 6 heteroatoms. The zero-order valence-electron chi connectivity index (χ0n) is 12.8. The molecular weight excluding hydrogens is 274 g/mol. The average molecular weight is 299 g/mol. The quantitative estimate of drug-likeness (QED) is 0.901. The summed E-state index contributed by atoms with van der Waals surface area (Å²) in [4.78, 5) is 0. The molecule has 0 radical (unpaired) electrons. The molecule has 0 aliphatic carbocycles. The van der Waals surface area contributed by atoms with Crippen molar-refractivity contribution in [2.24, 2.45) is 0 Å². The third-order valence-corrected chi connectivity index (χ3v) is 5.47. The number of nitrogens with zero attached hydrogens (tertiary/aromatic N) is 2. The smallest absolute Gasteiger partial charge is 0.152 e. The first-order chi connectivity index (χ1) is 9.30. The highest BCUT2D eigenvalue weighted by molar-refractivity contribution is 7.91. The zero-order chi connectivity index (χ0) is 14.9. The third-order valence-electron chi connectivity index (χ3n) is 3.72. The summed E-state index contributed by atoms with van der Waals surface area (Å²) in [6.45, 7) is 9.28. The van der Waals surface area contributed by atoms with Crippen LogP contribution in [0, 0.1) is 0 Å². The number of rotatable bonds is 5. The number of hydrogen-bond donors (Lipinski definition) is 1. The van der Waals surface area contributed by atoms with Crippen LogP contribution in [0.3, 0.4) is 0 Å². The molecule has 0 saturated carbocycles. The second-order valence-corrected chi connectivity index (χ2v) is 8.48. The lowest BCUT2D eigenvalue weighted by molar-refractivity contribution is 0.468. The topological polar surface area (TPSA) is 64.0 Å². The van der Waals surface area contributed by atoms with Gasteiger partial charge in [0.05, 0.1) is 23.7 Å². The second-order valence-electron chi connectivity index (χ2n) is 6.25. The fraction of sp³-hybridized carbons (Fsp3) is 0.786. The van der Waals surface area contributed by atoms with Gasteiger partial charge in [-0.1, -0.05) is 27.7 Å². The SMILES string of the molecule is CC(C)NCc1cnn(C2CCS(=O)(=O)C2)c1C(C)C. The molecule has 1 aromatic rings. The highest BCUT2D eigenvalue weighted by atomic mass is 32.2. The van der Waals surface area contributed by atoms with Crippen LogP contribution in [0.2, 0.25) is 0 Å². The summed E-state index contributed by atoms with van der Waals surface area (Å²) in [5.41, 5.74) is 2.35. The normalized spacial score (nSPS) is 22.0. The Hall–Kier alpha value is -0.880. The molecule has 0 amide bonds. The maximum absolute atomic E-state index is 11.7. The molecule has 1 aliphatic rings. The number of nitrogens with one attached hydrogen (secondary N) is 1. The van der Waals surface area contributed by atoms with Crippen molar-refractivity contribution in [1.29, 1.82) is 0 Å². The van der Waals surface area contributed by atoms with Gasteiger partial charge in [-0.05, 0) is 12.3 Å². The van der Waals surface area contributed by atoms with Crippen molar-refractivity contribution in [2.45, 2.75) is 58.7 Å². The van der Waals surface area contributed by atoms with Gasteiger partial charge in [0.15, 0.2) is 9.84 Å². The number of aromatic nitrogens is 2. The summed E-state index contributed by atoms with van der Waals surface area (Å²) >= 11 is 0. The van der Waals surface area contributed by atoms with Gasteiger partial charge in [-0.2, -0.15) is 5.10 Å². The predicted molar refractivity (Wildman–Crippen MR) is 80.6 cm³/mol. The molecule has 20 heavy (non-hydrogen) atoms. The van der Waals surface area contributed by atoms with Crippen molar-refractivity contribution in [1.82, 2.24) is 15.1 Å².